The van der Waals surface area contributed by atoms with Crippen molar-refractivity contribution in [2.24, 2.45) is 15.2 Å². The van der Waals surface area contributed by atoms with Crippen LogP contribution in [0, 0.1) is 0 Å². The lowest BCUT2D eigenvalue weighted by molar-refractivity contribution is -0.137. The topological polar surface area (TPSA) is 134 Å². The Morgan fingerprint density at radius 2 is 1.66 bits per heavy atom. The molecule has 0 saturated carbocycles. The molecule has 1 heterocycles. The number of aliphatic imine (C=N–C) groups is 1. The third kappa shape index (κ3) is 7.44. The van der Waals surface area contributed by atoms with Gasteiger partial charge < -0.3 is 0 Å². The van der Waals surface area contributed by atoms with Gasteiger partial charge in [-0.3, -0.25) is 0 Å². The quantitative estimate of drug-likeness (QED) is 0.300. The number of alkyl halides is 3. The van der Waals surface area contributed by atoms with E-state index in [9.17, 15) is 30.0 Å². The second-order valence-corrected chi connectivity index (χ2v) is 13.3. The number of rotatable bonds is 7. The number of primary sulfonamides is 1. The Morgan fingerprint density at radius 3 is 2.22 bits per heavy atom. The fourth-order valence-corrected chi connectivity index (χ4v) is 5.38. The van der Waals surface area contributed by atoms with Crippen LogP contribution in [0.3, 0.4) is 0 Å². The molecule has 0 aromatic heterocycles. The summed E-state index contributed by atoms with van der Waals surface area (Å²) in [5.74, 6) is -0.681. The number of nitrogens with zero attached hydrogens (tertiary/aromatic N) is 3. The molecule has 2 atom stereocenters. The zero-order valence-corrected chi connectivity index (χ0v) is 23.8. The van der Waals surface area contributed by atoms with Crippen molar-refractivity contribution >= 4 is 43.3 Å². The number of sulfonamides is 2. The molecule has 0 radical (unpaired) electrons. The maximum atomic E-state index is 13.2. The molecule has 0 bridgehead atoms. The number of hydrogen-bond acceptors (Lipinski definition) is 6. The molecule has 3 N–H and O–H groups in total. The van der Waals surface area contributed by atoms with Crippen molar-refractivity contribution in [2.75, 3.05) is 13.1 Å². The summed E-state index contributed by atoms with van der Waals surface area (Å²) in [5, 5.41) is 10.5. The van der Waals surface area contributed by atoms with Gasteiger partial charge in [-0.05, 0) is 54.4 Å². The summed E-state index contributed by atoms with van der Waals surface area (Å²) in [5.41, 5.74) is 1.11. The lowest BCUT2D eigenvalue weighted by Crippen LogP contribution is -2.42. The van der Waals surface area contributed by atoms with Crippen molar-refractivity contribution in [1.82, 2.24) is 9.73 Å². The fourth-order valence-electron chi connectivity index (χ4n) is 3.95. The van der Waals surface area contributed by atoms with Gasteiger partial charge in [0.1, 0.15) is 0 Å². The number of halogens is 4. The Hall–Kier alpha value is -3.46. The highest BCUT2D eigenvalue weighted by atomic mass is 35.5. The highest BCUT2D eigenvalue weighted by Crippen LogP contribution is 2.31. The molecule has 3 aromatic rings. The average Bonchev–Trinajstić information content (AvgIpc) is 3.36. The van der Waals surface area contributed by atoms with Crippen LogP contribution in [-0.4, -0.2) is 51.9 Å². The van der Waals surface area contributed by atoms with Crippen LogP contribution < -0.4 is 9.86 Å². The third-order valence-electron chi connectivity index (χ3n) is 6.28. The molecular formula is C26H25ClF3N5O4S2. The normalized spacial score (nSPS) is 17.3. The fraction of sp³-hybridized carbons (Fsp3) is 0.231. The monoisotopic (exact) mass is 627 g/mol. The van der Waals surface area contributed by atoms with Gasteiger partial charge in [0.25, 0.3) is 10.0 Å². The maximum Gasteiger partial charge on any atom is 0.416 e. The molecule has 9 nitrogen and oxygen atoms in total. The first-order valence-corrected chi connectivity index (χ1v) is 15.6. The molecule has 0 fully saturated rings. The van der Waals surface area contributed by atoms with Crippen LogP contribution in [0.2, 0.25) is 5.02 Å². The van der Waals surface area contributed by atoms with Gasteiger partial charge in [0.05, 0.1) is 34.5 Å². The van der Waals surface area contributed by atoms with Crippen molar-refractivity contribution in [3.63, 3.8) is 0 Å². The Labute approximate surface area is 240 Å². The van der Waals surface area contributed by atoms with Crippen molar-refractivity contribution < 1.29 is 30.0 Å². The van der Waals surface area contributed by atoms with E-state index in [4.69, 9.17) is 16.7 Å². The lowest BCUT2D eigenvalue weighted by Gasteiger charge is -2.20. The van der Waals surface area contributed by atoms with Crippen molar-refractivity contribution in [1.29, 1.82) is 0 Å². The standard InChI is InChI=1S/C26H25ClF3N5O4S2/c1-17(40(31,36)37)15-32-25(34-41(38,39)22-13-9-20(10-14-22)26(28,29)30)35-16-23(18-5-3-2-4-6-18)24(33-35)19-7-11-21(27)12-8-19/h2-14,17,23H,15-16H2,1H3,(H,32,34)(H2,31,36,37)/t17-,23+/m1/s1. The molecule has 0 amide bonds. The number of hydrogen-bond donors (Lipinski definition) is 2. The van der Waals surface area contributed by atoms with E-state index >= 15 is 0 Å². The molecule has 15 heteroatoms. The molecule has 4 rings (SSSR count). The summed E-state index contributed by atoms with van der Waals surface area (Å²) in [6.45, 7) is 1.00. The molecule has 3 aromatic carbocycles. The Kier molecular flexibility index (Phi) is 8.78. The number of benzene rings is 3. The molecule has 1 aliphatic rings. The third-order valence-corrected chi connectivity index (χ3v) is 9.14. The highest BCUT2D eigenvalue weighted by Gasteiger charge is 2.34. The predicted molar refractivity (Wildman–Crippen MR) is 151 cm³/mol. The second-order valence-electron chi connectivity index (χ2n) is 9.23. The zero-order chi connectivity index (χ0) is 30.0. The van der Waals surface area contributed by atoms with E-state index in [2.05, 4.69) is 14.8 Å². The first-order valence-electron chi connectivity index (χ1n) is 12.1. The molecule has 0 saturated heterocycles. The van der Waals surface area contributed by atoms with Crippen LogP contribution in [0.25, 0.3) is 0 Å². The minimum absolute atomic E-state index is 0.111. The first-order chi connectivity index (χ1) is 19.1. The summed E-state index contributed by atoms with van der Waals surface area (Å²) < 4.78 is 91.4. The van der Waals surface area contributed by atoms with E-state index in [-0.39, 0.29) is 18.4 Å². The molecule has 1 aliphatic heterocycles. The molecule has 0 aliphatic carbocycles. The molecular weight excluding hydrogens is 603 g/mol. The van der Waals surface area contributed by atoms with Gasteiger partial charge in [-0.15, -0.1) is 0 Å². The summed E-state index contributed by atoms with van der Waals surface area (Å²) in [4.78, 5) is 3.74. The number of guanidine groups is 1. The summed E-state index contributed by atoms with van der Waals surface area (Å²) >= 11 is 6.06. The van der Waals surface area contributed by atoms with E-state index in [0.717, 1.165) is 17.7 Å². The van der Waals surface area contributed by atoms with Crippen LogP contribution in [0.5, 0.6) is 0 Å². The smallest absolute Gasteiger partial charge is 0.249 e. The largest absolute Gasteiger partial charge is 0.416 e. The van der Waals surface area contributed by atoms with Gasteiger partial charge in [-0.1, -0.05) is 54.1 Å². The molecule has 0 unspecified atom stereocenters. The predicted octanol–water partition coefficient (Wildman–Crippen LogP) is 4.17. The summed E-state index contributed by atoms with van der Waals surface area (Å²) in [6.07, 6.45) is -4.65. The Balaban J connectivity index is 1.75. The summed E-state index contributed by atoms with van der Waals surface area (Å²) in [6, 6.07) is 19.1. The van der Waals surface area contributed by atoms with Gasteiger partial charge in [0.15, 0.2) is 0 Å². The summed E-state index contributed by atoms with van der Waals surface area (Å²) in [7, 11) is -8.48. The van der Waals surface area contributed by atoms with Crippen LogP contribution in [-0.2, 0) is 26.2 Å². The van der Waals surface area contributed by atoms with Gasteiger partial charge >= 0.3 is 6.18 Å². The van der Waals surface area contributed by atoms with Crippen molar-refractivity contribution in [3.05, 3.63) is 101 Å². The highest BCUT2D eigenvalue weighted by molar-refractivity contribution is 7.90. The number of hydrazone groups is 1. The van der Waals surface area contributed by atoms with Gasteiger partial charge in [0.2, 0.25) is 16.0 Å². The second kappa shape index (κ2) is 11.8. The first kappa shape index (κ1) is 30.5. The lowest BCUT2D eigenvalue weighted by atomic mass is 9.91. The van der Waals surface area contributed by atoms with Crippen LogP contribution in [0.4, 0.5) is 13.2 Å². The molecule has 41 heavy (non-hydrogen) atoms. The molecule has 0 spiro atoms. The Bertz CT molecular complexity index is 1660. The van der Waals surface area contributed by atoms with Crippen LogP contribution >= 0.6 is 11.6 Å². The number of nitrogens with one attached hydrogen (secondary N) is 1. The Morgan fingerprint density at radius 1 is 1.05 bits per heavy atom. The molecule has 218 valence electrons. The van der Waals surface area contributed by atoms with Gasteiger partial charge in [-0.25, -0.2) is 36.7 Å². The SMILES string of the molecule is C[C@H](C/N=C(/NS(=O)(=O)c1ccc(C(F)(F)F)cc1)N1C[C@@H](c2ccccc2)C(c2ccc(Cl)cc2)=N1)S(N)(=O)=O. The van der Waals surface area contributed by atoms with E-state index in [1.807, 2.05) is 30.3 Å². The van der Waals surface area contributed by atoms with E-state index in [1.54, 1.807) is 24.3 Å². The minimum Gasteiger partial charge on any atom is -0.249 e. The number of nitrogens with two attached hydrogens (primary N) is 1. The van der Waals surface area contributed by atoms with Crippen molar-refractivity contribution in [3.8, 4) is 0 Å². The van der Waals surface area contributed by atoms with Gasteiger partial charge in [0, 0.05) is 10.9 Å². The maximum absolute atomic E-state index is 13.2. The van der Waals surface area contributed by atoms with Crippen LogP contribution in [0.15, 0.2) is 93.9 Å². The van der Waals surface area contributed by atoms with Crippen molar-refractivity contribution in [2.45, 2.75) is 29.2 Å². The van der Waals surface area contributed by atoms with E-state index in [1.165, 1.54) is 11.9 Å². The van der Waals surface area contributed by atoms with E-state index in [0.29, 0.717) is 28.4 Å². The average molecular weight is 628 g/mol. The van der Waals surface area contributed by atoms with E-state index < -0.39 is 48.5 Å². The zero-order valence-electron chi connectivity index (χ0n) is 21.5. The van der Waals surface area contributed by atoms with Crippen LogP contribution in [0.1, 0.15) is 29.5 Å². The van der Waals surface area contributed by atoms with Gasteiger partial charge in [-0.2, -0.15) is 18.3 Å². The minimum atomic E-state index is -4.65.